The van der Waals surface area contributed by atoms with E-state index in [1.807, 2.05) is 14.0 Å². The molecule has 1 fully saturated rings. The average molecular weight is 264 g/mol. The first kappa shape index (κ1) is 14.4. The number of hydrogen-bond donors (Lipinski definition) is 1. The zero-order valence-electron chi connectivity index (χ0n) is 10.3. The number of likely N-dealkylation sites (N-methyl/N-ethyl adjacent to an activating group) is 1. The van der Waals surface area contributed by atoms with Crippen molar-refractivity contribution < 1.29 is 18.3 Å². The summed E-state index contributed by atoms with van der Waals surface area (Å²) in [6.07, 6.45) is 0.0842. The quantitative estimate of drug-likeness (QED) is 0.745. The second-order valence-electron chi connectivity index (χ2n) is 4.50. The van der Waals surface area contributed by atoms with Crippen molar-refractivity contribution in [2.75, 3.05) is 32.4 Å². The van der Waals surface area contributed by atoms with Crippen molar-refractivity contribution in [1.29, 1.82) is 0 Å². The van der Waals surface area contributed by atoms with E-state index < -0.39 is 16.0 Å². The molecule has 0 aliphatic carbocycles. The zero-order chi connectivity index (χ0) is 13.1. The maximum Gasteiger partial charge on any atom is 0.303 e. The molecule has 6 nitrogen and oxygen atoms in total. The van der Waals surface area contributed by atoms with Crippen molar-refractivity contribution >= 4 is 16.0 Å². The van der Waals surface area contributed by atoms with Crippen LogP contribution in [-0.4, -0.2) is 67.2 Å². The molecule has 0 spiro atoms. The van der Waals surface area contributed by atoms with Gasteiger partial charge in [0.25, 0.3) is 0 Å². The van der Waals surface area contributed by atoms with Gasteiger partial charge in [-0.1, -0.05) is 0 Å². The number of carboxylic acids is 1. The molecule has 0 aromatic carbocycles. The van der Waals surface area contributed by atoms with Crippen molar-refractivity contribution in [2.24, 2.45) is 0 Å². The number of piperazine rings is 1. The highest BCUT2D eigenvalue weighted by atomic mass is 32.2. The van der Waals surface area contributed by atoms with Crippen LogP contribution in [0.15, 0.2) is 0 Å². The maximum atomic E-state index is 11.9. The molecule has 7 heteroatoms. The number of hydrogen-bond acceptors (Lipinski definition) is 4. The van der Waals surface area contributed by atoms with Crippen molar-refractivity contribution in [2.45, 2.75) is 25.8 Å². The molecule has 1 unspecified atom stereocenters. The van der Waals surface area contributed by atoms with Crippen molar-refractivity contribution in [1.82, 2.24) is 9.21 Å². The average Bonchev–Trinajstić information content (AvgIpc) is 2.21. The molecule has 0 bridgehead atoms. The lowest BCUT2D eigenvalue weighted by molar-refractivity contribution is -0.137. The third-order valence-corrected chi connectivity index (χ3v) is 5.03. The van der Waals surface area contributed by atoms with Gasteiger partial charge in [0.05, 0.1) is 5.75 Å². The number of carboxylic acid groups (broad SMARTS) is 1. The van der Waals surface area contributed by atoms with Gasteiger partial charge in [0.15, 0.2) is 0 Å². The van der Waals surface area contributed by atoms with Crippen LogP contribution in [0.25, 0.3) is 0 Å². The Bertz CT molecular complexity index is 369. The summed E-state index contributed by atoms with van der Waals surface area (Å²) in [5, 5.41) is 8.48. The molecule has 0 amide bonds. The molecule has 100 valence electrons. The third-order valence-electron chi connectivity index (χ3n) is 3.11. The molecule has 17 heavy (non-hydrogen) atoms. The van der Waals surface area contributed by atoms with Crippen molar-refractivity contribution in [3.63, 3.8) is 0 Å². The summed E-state index contributed by atoms with van der Waals surface area (Å²) in [5.41, 5.74) is 0. The second kappa shape index (κ2) is 5.79. The SMILES string of the molecule is CC1CN(S(=O)(=O)CCCC(=O)O)CCN1C. The van der Waals surface area contributed by atoms with Crippen LogP contribution in [-0.2, 0) is 14.8 Å². The predicted molar refractivity (Wildman–Crippen MR) is 64.3 cm³/mol. The maximum absolute atomic E-state index is 11.9. The molecule has 0 saturated carbocycles. The van der Waals surface area contributed by atoms with Gasteiger partial charge >= 0.3 is 5.97 Å². The second-order valence-corrected chi connectivity index (χ2v) is 6.59. The van der Waals surface area contributed by atoms with Gasteiger partial charge in [0, 0.05) is 32.1 Å². The van der Waals surface area contributed by atoms with Gasteiger partial charge in [-0.05, 0) is 20.4 Å². The topological polar surface area (TPSA) is 77.9 Å². The van der Waals surface area contributed by atoms with E-state index in [0.717, 1.165) is 6.54 Å². The molecular weight excluding hydrogens is 244 g/mol. The van der Waals surface area contributed by atoms with Gasteiger partial charge in [-0.15, -0.1) is 0 Å². The van der Waals surface area contributed by atoms with E-state index in [4.69, 9.17) is 5.11 Å². The van der Waals surface area contributed by atoms with E-state index in [1.165, 1.54) is 4.31 Å². The Morgan fingerprint density at radius 3 is 2.59 bits per heavy atom. The molecule has 1 aliphatic heterocycles. The Kier molecular flexibility index (Phi) is 4.91. The fraction of sp³-hybridized carbons (Fsp3) is 0.900. The number of nitrogens with zero attached hydrogens (tertiary/aromatic N) is 2. The largest absolute Gasteiger partial charge is 0.481 e. The molecule has 0 aromatic heterocycles. The Morgan fingerprint density at radius 1 is 1.41 bits per heavy atom. The standard InChI is InChI=1S/C10H20N2O4S/c1-9-8-12(6-5-11(9)2)17(15,16)7-3-4-10(13)14/h9H,3-8H2,1-2H3,(H,13,14). The smallest absolute Gasteiger partial charge is 0.303 e. The van der Waals surface area contributed by atoms with Crippen molar-refractivity contribution in [3.05, 3.63) is 0 Å². The fourth-order valence-electron chi connectivity index (χ4n) is 1.80. The predicted octanol–water partition coefficient (Wildman–Crippen LogP) is -0.183. The van der Waals surface area contributed by atoms with E-state index in [1.54, 1.807) is 0 Å². The lowest BCUT2D eigenvalue weighted by Gasteiger charge is -2.36. The lowest BCUT2D eigenvalue weighted by atomic mass is 10.2. The van der Waals surface area contributed by atoms with Crippen LogP contribution in [0.3, 0.4) is 0 Å². The van der Waals surface area contributed by atoms with Crippen LogP contribution in [0.1, 0.15) is 19.8 Å². The number of sulfonamides is 1. The van der Waals surface area contributed by atoms with E-state index in [2.05, 4.69) is 4.90 Å². The molecule has 1 atom stereocenters. The summed E-state index contributed by atoms with van der Waals surface area (Å²) in [5.74, 6) is -1.03. The zero-order valence-corrected chi connectivity index (χ0v) is 11.1. The van der Waals surface area contributed by atoms with Crippen LogP contribution in [0, 0.1) is 0 Å². The van der Waals surface area contributed by atoms with Gasteiger partial charge < -0.3 is 10.0 Å². The Hall–Kier alpha value is -0.660. The summed E-state index contributed by atoms with van der Waals surface area (Å²) in [6.45, 7) is 3.69. The van der Waals surface area contributed by atoms with Gasteiger partial charge in [0.1, 0.15) is 0 Å². The van der Waals surface area contributed by atoms with Gasteiger partial charge in [-0.3, -0.25) is 4.79 Å². The number of carbonyl (C=O) groups is 1. The van der Waals surface area contributed by atoms with Crippen LogP contribution in [0.4, 0.5) is 0 Å². The minimum atomic E-state index is -3.29. The normalized spacial score (nSPS) is 23.8. The summed E-state index contributed by atoms with van der Waals surface area (Å²) >= 11 is 0. The first-order valence-electron chi connectivity index (χ1n) is 5.73. The monoisotopic (exact) mass is 264 g/mol. The van der Waals surface area contributed by atoms with Crippen LogP contribution in [0.5, 0.6) is 0 Å². The van der Waals surface area contributed by atoms with Gasteiger partial charge in [-0.25, -0.2) is 8.42 Å². The Balaban J connectivity index is 2.50. The molecular formula is C10H20N2O4S. The molecule has 0 radical (unpaired) electrons. The summed E-state index contributed by atoms with van der Waals surface area (Å²) in [4.78, 5) is 12.5. The highest BCUT2D eigenvalue weighted by molar-refractivity contribution is 7.89. The minimum Gasteiger partial charge on any atom is -0.481 e. The molecule has 1 N–H and O–H groups in total. The van der Waals surface area contributed by atoms with Gasteiger partial charge in [0.2, 0.25) is 10.0 Å². The van der Waals surface area contributed by atoms with Crippen LogP contribution < -0.4 is 0 Å². The number of rotatable bonds is 5. The minimum absolute atomic E-state index is 0.0737. The van der Waals surface area contributed by atoms with Crippen LogP contribution >= 0.6 is 0 Å². The highest BCUT2D eigenvalue weighted by Gasteiger charge is 2.29. The number of aliphatic carboxylic acids is 1. The lowest BCUT2D eigenvalue weighted by Crippen LogP contribution is -2.52. The summed E-state index contributed by atoms with van der Waals surface area (Å²) in [7, 11) is -1.32. The summed E-state index contributed by atoms with van der Waals surface area (Å²) in [6, 6.07) is 0.206. The van der Waals surface area contributed by atoms with E-state index in [9.17, 15) is 13.2 Å². The Morgan fingerprint density at radius 2 is 2.06 bits per heavy atom. The molecule has 1 heterocycles. The third kappa shape index (κ3) is 4.25. The first-order valence-corrected chi connectivity index (χ1v) is 7.33. The van der Waals surface area contributed by atoms with Gasteiger partial charge in [-0.2, -0.15) is 4.31 Å². The Labute approximate surface area is 102 Å². The molecule has 1 rings (SSSR count). The van der Waals surface area contributed by atoms with Crippen molar-refractivity contribution in [3.8, 4) is 0 Å². The van der Waals surface area contributed by atoms with E-state index in [0.29, 0.717) is 13.1 Å². The fourth-order valence-corrected chi connectivity index (χ4v) is 3.37. The van der Waals surface area contributed by atoms with E-state index in [-0.39, 0.29) is 24.6 Å². The van der Waals surface area contributed by atoms with Crippen LogP contribution in [0.2, 0.25) is 0 Å². The molecule has 1 aliphatic rings. The summed E-state index contributed by atoms with van der Waals surface area (Å²) < 4.78 is 25.3. The molecule has 1 saturated heterocycles. The van der Waals surface area contributed by atoms with E-state index >= 15 is 0 Å². The molecule has 0 aromatic rings. The highest BCUT2D eigenvalue weighted by Crippen LogP contribution is 2.13. The first-order chi connectivity index (χ1) is 7.83.